The second kappa shape index (κ2) is 7.07. The van der Waals surface area contributed by atoms with E-state index in [0.29, 0.717) is 29.0 Å². The highest BCUT2D eigenvalue weighted by molar-refractivity contribution is 9.10. The highest BCUT2D eigenvalue weighted by atomic mass is 79.9. The van der Waals surface area contributed by atoms with Crippen LogP contribution in [0.5, 0.6) is 0 Å². The lowest BCUT2D eigenvalue weighted by molar-refractivity contribution is -0.118. The number of fused-ring (bicyclic) bond motifs is 2. The summed E-state index contributed by atoms with van der Waals surface area (Å²) >= 11 is 10.8. The van der Waals surface area contributed by atoms with Gasteiger partial charge in [0.1, 0.15) is 9.34 Å². The van der Waals surface area contributed by atoms with Gasteiger partial charge in [0.05, 0.1) is 19.7 Å². The van der Waals surface area contributed by atoms with Gasteiger partial charge in [-0.25, -0.2) is 9.78 Å². The van der Waals surface area contributed by atoms with Crippen LogP contribution in [0.3, 0.4) is 0 Å². The van der Waals surface area contributed by atoms with Crippen LogP contribution in [0.4, 0.5) is 10.5 Å². The lowest BCUT2D eigenvalue weighted by atomic mass is 9.81. The number of carbonyl (C=O) groups is 2. The van der Waals surface area contributed by atoms with Gasteiger partial charge in [0.25, 0.3) is 0 Å². The van der Waals surface area contributed by atoms with Crippen LogP contribution in [0.25, 0.3) is 0 Å². The Balaban J connectivity index is 1.64. The zero-order valence-corrected chi connectivity index (χ0v) is 17.7. The molecule has 1 spiro atoms. The molecule has 6 nitrogen and oxygen atoms in total. The second-order valence-corrected chi connectivity index (χ2v) is 9.46. The van der Waals surface area contributed by atoms with Crippen LogP contribution < -0.4 is 4.90 Å². The minimum atomic E-state index is -0.328. The van der Waals surface area contributed by atoms with E-state index in [0.717, 1.165) is 22.1 Å². The monoisotopic (exact) mass is 469 g/mol. The Morgan fingerprint density at radius 1 is 1.41 bits per heavy atom. The molecular formula is C18H17BrClN3O3S. The smallest absolute Gasteiger partial charge is 0.409 e. The predicted octanol–water partition coefficient (Wildman–Crippen LogP) is 3.86. The van der Waals surface area contributed by atoms with Gasteiger partial charge < -0.3 is 14.5 Å². The molecule has 1 fully saturated rings. The van der Waals surface area contributed by atoms with Crippen molar-refractivity contribution in [3.63, 3.8) is 0 Å². The van der Waals surface area contributed by atoms with Gasteiger partial charge in [0.2, 0.25) is 5.91 Å². The molecule has 0 N–H and O–H groups in total. The first-order valence-corrected chi connectivity index (χ1v) is 10.4. The molecule has 9 heteroatoms. The minimum Gasteiger partial charge on any atom is -0.453 e. The van der Waals surface area contributed by atoms with Gasteiger partial charge in [-0.3, -0.25) is 4.79 Å². The highest BCUT2D eigenvalue weighted by Crippen LogP contribution is 2.47. The molecular weight excluding hydrogens is 454 g/mol. The van der Waals surface area contributed by atoms with Crippen LogP contribution in [0.2, 0.25) is 4.34 Å². The second-order valence-electron chi connectivity index (χ2n) is 6.80. The third-order valence-electron chi connectivity index (χ3n) is 5.20. The van der Waals surface area contributed by atoms with E-state index in [9.17, 15) is 9.59 Å². The Kier molecular flexibility index (Phi) is 4.90. The Morgan fingerprint density at radius 2 is 2.22 bits per heavy atom. The number of hydrogen-bond acceptors (Lipinski definition) is 5. The van der Waals surface area contributed by atoms with E-state index < -0.39 is 0 Å². The Bertz CT molecular complexity index is 921. The number of hydrogen-bond donors (Lipinski definition) is 0. The van der Waals surface area contributed by atoms with Crippen LogP contribution >= 0.6 is 38.9 Å². The molecule has 2 aliphatic rings. The zero-order chi connectivity index (χ0) is 19.2. The lowest BCUT2D eigenvalue weighted by Gasteiger charge is -2.25. The van der Waals surface area contributed by atoms with Crippen molar-refractivity contribution in [1.82, 2.24) is 9.88 Å². The summed E-state index contributed by atoms with van der Waals surface area (Å²) in [5.41, 5.74) is 1.72. The average molecular weight is 471 g/mol. The summed E-state index contributed by atoms with van der Waals surface area (Å²) in [7, 11) is 1.39. The van der Waals surface area contributed by atoms with Crippen LogP contribution in [0.1, 0.15) is 17.0 Å². The van der Waals surface area contributed by atoms with Gasteiger partial charge in [-0.2, -0.15) is 0 Å². The van der Waals surface area contributed by atoms with Gasteiger partial charge >= 0.3 is 6.09 Å². The van der Waals surface area contributed by atoms with Crippen molar-refractivity contribution in [2.24, 2.45) is 0 Å². The number of benzene rings is 1. The molecule has 0 radical (unpaired) electrons. The molecule has 1 unspecified atom stereocenters. The van der Waals surface area contributed by atoms with E-state index in [1.54, 1.807) is 11.1 Å². The fraction of sp³-hybridized carbons (Fsp3) is 0.389. The molecule has 2 amide bonds. The van der Waals surface area contributed by atoms with Crippen LogP contribution in [0.15, 0.2) is 28.9 Å². The summed E-state index contributed by atoms with van der Waals surface area (Å²) in [6.07, 6.45) is 2.24. The van der Waals surface area contributed by atoms with Crippen molar-refractivity contribution in [3.05, 3.63) is 43.8 Å². The minimum absolute atomic E-state index is 0.0158. The summed E-state index contributed by atoms with van der Waals surface area (Å²) in [4.78, 5) is 32.7. The number of halogens is 2. The van der Waals surface area contributed by atoms with E-state index in [-0.39, 0.29) is 23.8 Å². The molecule has 1 saturated heterocycles. The molecule has 142 valence electrons. The zero-order valence-electron chi connectivity index (χ0n) is 14.6. The lowest BCUT2D eigenvalue weighted by Crippen LogP contribution is -2.40. The number of likely N-dealkylation sites (tertiary alicyclic amines) is 1. The number of ether oxygens (including phenoxy) is 1. The van der Waals surface area contributed by atoms with E-state index in [2.05, 4.69) is 27.0 Å². The first-order valence-electron chi connectivity index (χ1n) is 8.45. The summed E-state index contributed by atoms with van der Waals surface area (Å²) in [5.74, 6) is -0.0158. The number of carbonyl (C=O) groups excluding carboxylic acids is 2. The summed E-state index contributed by atoms with van der Waals surface area (Å²) in [5, 5.41) is 0.701. The molecule has 1 atom stereocenters. The maximum atomic E-state index is 13.0. The number of thiazole rings is 1. The number of amides is 2. The van der Waals surface area contributed by atoms with E-state index in [4.69, 9.17) is 16.3 Å². The number of anilines is 1. The van der Waals surface area contributed by atoms with Crippen molar-refractivity contribution >= 4 is 56.6 Å². The number of methoxy groups -OCH3 is 1. The van der Waals surface area contributed by atoms with Gasteiger partial charge in [0.15, 0.2) is 0 Å². The molecule has 0 aliphatic carbocycles. The van der Waals surface area contributed by atoms with Crippen molar-refractivity contribution in [1.29, 1.82) is 0 Å². The number of nitrogens with zero attached hydrogens (tertiary/aromatic N) is 3. The van der Waals surface area contributed by atoms with Crippen molar-refractivity contribution < 1.29 is 14.3 Å². The molecule has 27 heavy (non-hydrogen) atoms. The fourth-order valence-electron chi connectivity index (χ4n) is 3.96. The Morgan fingerprint density at radius 3 is 2.93 bits per heavy atom. The van der Waals surface area contributed by atoms with E-state index >= 15 is 0 Å². The Labute approximate surface area is 174 Å². The normalized spacial score (nSPS) is 21.0. The molecule has 1 aromatic heterocycles. The predicted molar refractivity (Wildman–Crippen MR) is 108 cm³/mol. The first-order chi connectivity index (χ1) is 12.9. The quantitative estimate of drug-likeness (QED) is 0.669. The van der Waals surface area contributed by atoms with Gasteiger partial charge in [-0.15, -0.1) is 11.3 Å². The summed E-state index contributed by atoms with van der Waals surface area (Å²) < 4.78 is 6.41. The standard InChI is InChI=1S/C18H17BrClN3O3S/c1-26-17(25)22-5-4-18(9-22)10-23(13-3-2-11(19)6-12(13)18)16(24)7-15-21-8-14(20)27-15/h2-3,6,8H,4-5,7,9-10H2,1H3. The maximum Gasteiger partial charge on any atom is 0.409 e. The number of rotatable bonds is 2. The Hall–Kier alpha value is -1.64. The van der Waals surface area contributed by atoms with Crippen molar-refractivity contribution in [2.45, 2.75) is 18.3 Å². The van der Waals surface area contributed by atoms with Gasteiger partial charge in [-0.05, 0) is 30.2 Å². The third kappa shape index (κ3) is 3.34. The van der Waals surface area contributed by atoms with Crippen LogP contribution in [-0.4, -0.2) is 48.6 Å². The maximum absolute atomic E-state index is 13.0. The summed E-state index contributed by atoms with van der Waals surface area (Å²) in [6.45, 7) is 1.70. The molecule has 1 aromatic carbocycles. The van der Waals surface area contributed by atoms with Gasteiger partial charge in [0, 0.05) is 35.2 Å². The average Bonchev–Trinajstić information content (AvgIpc) is 3.34. The topological polar surface area (TPSA) is 62.7 Å². The molecule has 2 aromatic rings. The van der Waals surface area contributed by atoms with E-state index in [1.807, 2.05) is 17.0 Å². The SMILES string of the molecule is COC(=O)N1CCC2(C1)CN(C(=O)Cc1ncc(Cl)s1)c1ccc(Br)cc12. The molecule has 3 heterocycles. The number of aromatic nitrogens is 1. The van der Waals surface area contributed by atoms with Crippen molar-refractivity contribution in [3.8, 4) is 0 Å². The summed E-state index contributed by atoms with van der Waals surface area (Å²) in [6, 6.07) is 5.96. The fourth-order valence-corrected chi connectivity index (χ4v) is 5.27. The molecule has 0 bridgehead atoms. The first kappa shape index (κ1) is 18.7. The largest absolute Gasteiger partial charge is 0.453 e. The van der Waals surface area contributed by atoms with Crippen LogP contribution in [-0.2, 0) is 21.4 Å². The van der Waals surface area contributed by atoms with Gasteiger partial charge in [-0.1, -0.05) is 27.5 Å². The van der Waals surface area contributed by atoms with Crippen LogP contribution in [0, 0.1) is 0 Å². The van der Waals surface area contributed by atoms with E-state index in [1.165, 1.54) is 18.4 Å². The highest BCUT2D eigenvalue weighted by Gasteiger charge is 2.50. The van der Waals surface area contributed by atoms with Crippen molar-refractivity contribution in [2.75, 3.05) is 31.6 Å². The third-order valence-corrected chi connectivity index (χ3v) is 6.81. The molecule has 2 aliphatic heterocycles. The molecule has 0 saturated carbocycles. The molecule has 4 rings (SSSR count).